The molecule has 2 heterocycles. The number of imide groups is 1. The second-order valence-electron chi connectivity index (χ2n) is 6.22. The lowest BCUT2D eigenvalue weighted by Gasteiger charge is -2.27. The number of nitrogens with zero attached hydrogens (tertiary/aromatic N) is 1. The van der Waals surface area contributed by atoms with Crippen LogP contribution in [-0.4, -0.2) is 29.2 Å². The molecule has 3 amide bonds. The maximum absolute atomic E-state index is 13.2. The van der Waals surface area contributed by atoms with Crippen molar-refractivity contribution in [1.82, 2.24) is 10.2 Å². The molecule has 1 saturated heterocycles. The van der Waals surface area contributed by atoms with Crippen LogP contribution in [0.3, 0.4) is 0 Å². The predicted octanol–water partition coefficient (Wildman–Crippen LogP) is 4.22. The summed E-state index contributed by atoms with van der Waals surface area (Å²) in [4.78, 5) is 39.6. The Kier molecular flexibility index (Phi) is 5.44. The predicted molar refractivity (Wildman–Crippen MR) is 102 cm³/mol. The molecule has 1 N–H and O–H groups in total. The summed E-state index contributed by atoms with van der Waals surface area (Å²) in [5, 5.41) is 2.84. The number of thiophene rings is 1. The Morgan fingerprint density at radius 2 is 1.92 bits per heavy atom. The summed E-state index contributed by atoms with van der Waals surface area (Å²) in [5.74, 6) is -0.678. The average Bonchev–Trinajstić information content (AvgIpc) is 3.18. The van der Waals surface area contributed by atoms with Gasteiger partial charge in [0.15, 0.2) is 5.78 Å². The first kappa shape index (κ1) is 18.6. The first-order valence-corrected chi connectivity index (χ1v) is 9.65. The molecule has 1 aliphatic rings. The topological polar surface area (TPSA) is 66.5 Å². The Labute approximate surface area is 161 Å². The molecule has 0 aliphatic carbocycles. The van der Waals surface area contributed by atoms with Crippen molar-refractivity contribution in [3.63, 3.8) is 0 Å². The third-order valence-electron chi connectivity index (χ3n) is 4.50. The molecule has 1 unspecified atom stereocenters. The Hall–Kier alpha value is -2.18. The largest absolute Gasteiger partial charge is 0.325 e. The number of urea groups is 1. The fourth-order valence-corrected chi connectivity index (χ4v) is 4.10. The van der Waals surface area contributed by atoms with Crippen molar-refractivity contribution in [2.45, 2.75) is 31.7 Å². The summed E-state index contributed by atoms with van der Waals surface area (Å²) in [6.45, 7) is 1.74. The van der Waals surface area contributed by atoms with E-state index in [2.05, 4.69) is 5.32 Å². The summed E-state index contributed by atoms with van der Waals surface area (Å²) < 4.78 is 0.493. The summed E-state index contributed by atoms with van der Waals surface area (Å²) >= 11 is 7.01. The Balaban J connectivity index is 1.88. The standard InChI is InChI=1S/C19H19ClN2O3S/c1-2-3-11-19(13-7-5-4-6-8-13)17(24)22(18(25)21-19)12-14(23)15-9-10-16(20)26-15/h4-10H,2-3,11-12H2,1H3,(H,21,25). The van der Waals surface area contributed by atoms with Gasteiger partial charge in [-0.15, -0.1) is 11.3 Å². The van der Waals surface area contributed by atoms with Crippen LogP contribution in [0.1, 0.15) is 41.4 Å². The summed E-state index contributed by atoms with van der Waals surface area (Å²) in [6, 6.07) is 11.9. The Morgan fingerprint density at radius 3 is 2.54 bits per heavy atom. The Bertz CT molecular complexity index is 836. The van der Waals surface area contributed by atoms with Gasteiger partial charge in [0.25, 0.3) is 5.91 Å². The highest BCUT2D eigenvalue weighted by Gasteiger charge is 2.52. The molecule has 1 aromatic heterocycles. The van der Waals surface area contributed by atoms with Crippen LogP contribution in [-0.2, 0) is 10.3 Å². The molecule has 1 fully saturated rings. The third kappa shape index (κ3) is 3.39. The minimum Gasteiger partial charge on any atom is -0.319 e. The number of ketones is 1. The van der Waals surface area contributed by atoms with Gasteiger partial charge in [-0.05, 0) is 24.1 Å². The van der Waals surface area contributed by atoms with Gasteiger partial charge in [0.1, 0.15) is 5.54 Å². The monoisotopic (exact) mass is 390 g/mol. The van der Waals surface area contributed by atoms with E-state index in [4.69, 9.17) is 11.6 Å². The van der Waals surface area contributed by atoms with E-state index < -0.39 is 11.6 Å². The minimum absolute atomic E-state index is 0.289. The maximum atomic E-state index is 13.2. The van der Waals surface area contributed by atoms with Gasteiger partial charge in [-0.2, -0.15) is 0 Å². The van der Waals surface area contributed by atoms with Crippen molar-refractivity contribution < 1.29 is 14.4 Å². The number of unbranched alkanes of at least 4 members (excludes halogenated alkanes) is 1. The van der Waals surface area contributed by atoms with E-state index in [1.807, 2.05) is 37.3 Å². The normalized spacial score (nSPS) is 19.7. The summed E-state index contributed by atoms with van der Waals surface area (Å²) in [5.41, 5.74) is -0.372. The highest BCUT2D eigenvalue weighted by atomic mass is 35.5. The van der Waals surface area contributed by atoms with Gasteiger partial charge in [-0.3, -0.25) is 14.5 Å². The van der Waals surface area contributed by atoms with Crippen molar-refractivity contribution in [2.75, 3.05) is 6.54 Å². The fourth-order valence-electron chi connectivity index (χ4n) is 3.13. The van der Waals surface area contributed by atoms with E-state index in [1.165, 1.54) is 0 Å². The Morgan fingerprint density at radius 1 is 1.19 bits per heavy atom. The zero-order valence-corrected chi connectivity index (χ0v) is 15.9. The van der Waals surface area contributed by atoms with Crippen molar-refractivity contribution >= 4 is 40.7 Å². The molecule has 1 atom stereocenters. The van der Waals surface area contributed by atoms with Crippen LogP contribution >= 0.6 is 22.9 Å². The average molecular weight is 391 g/mol. The van der Waals surface area contributed by atoms with Crippen molar-refractivity contribution in [3.05, 3.63) is 57.2 Å². The van der Waals surface area contributed by atoms with Gasteiger partial charge in [-0.25, -0.2) is 4.79 Å². The third-order valence-corrected chi connectivity index (χ3v) is 5.77. The maximum Gasteiger partial charge on any atom is 0.325 e. The molecule has 7 heteroatoms. The van der Waals surface area contributed by atoms with Crippen LogP contribution in [0.15, 0.2) is 42.5 Å². The van der Waals surface area contributed by atoms with E-state index in [1.54, 1.807) is 12.1 Å². The SMILES string of the molecule is CCCCC1(c2ccccc2)NC(=O)N(CC(=O)c2ccc(Cl)s2)C1=O. The first-order valence-electron chi connectivity index (χ1n) is 8.46. The van der Waals surface area contributed by atoms with Gasteiger partial charge in [0, 0.05) is 0 Å². The lowest BCUT2D eigenvalue weighted by atomic mass is 9.85. The highest BCUT2D eigenvalue weighted by molar-refractivity contribution is 7.18. The zero-order chi connectivity index (χ0) is 18.7. The van der Waals surface area contributed by atoms with Gasteiger partial charge in [0.2, 0.25) is 0 Å². The van der Waals surface area contributed by atoms with Gasteiger partial charge in [0.05, 0.1) is 15.8 Å². The number of carbonyl (C=O) groups excluding carboxylic acids is 3. The number of carbonyl (C=O) groups is 3. The molecule has 0 saturated carbocycles. The molecule has 0 bridgehead atoms. The number of rotatable bonds is 7. The lowest BCUT2D eigenvalue weighted by Crippen LogP contribution is -2.44. The molecule has 136 valence electrons. The second kappa shape index (κ2) is 7.60. The number of hydrogen-bond acceptors (Lipinski definition) is 4. The van der Waals surface area contributed by atoms with Crippen LogP contribution < -0.4 is 5.32 Å². The number of halogens is 1. The molecule has 0 spiro atoms. The molecule has 2 aromatic rings. The molecule has 1 aliphatic heterocycles. The van der Waals surface area contributed by atoms with Crippen LogP contribution in [0, 0.1) is 0 Å². The molecular formula is C19H19ClN2O3S. The van der Waals surface area contributed by atoms with E-state index in [0.717, 1.165) is 34.6 Å². The molecule has 0 radical (unpaired) electrons. The number of nitrogens with one attached hydrogen (secondary N) is 1. The smallest absolute Gasteiger partial charge is 0.319 e. The second-order valence-corrected chi connectivity index (χ2v) is 7.94. The van der Waals surface area contributed by atoms with Crippen LogP contribution in [0.4, 0.5) is 4.79 Å². The number of Topliss-reactive ketones (excluding diaryl/α,β-unsaturated/α-hetero) is 1. The van der Waals surface area contributed by atoms with Gasteiger partial charge >= 0.3 is 6.03 Å². The fraction of sp³-hybridized carbons (Fsp3) is 0.316. The van der Waals surface area contributed by atoms with E-state index in [-0.39, 0.29) is 18.2 Å². The first-order chi connectivity index (χ1) is 12.5. The van der Waals surface area contributed by atoms with E-state index in [0.29, 0.717) is 15.6 Å². The minimum atomic E-state index is -1.11. The molecule has 3 rings (SSSR count). The van der Waals surface area contributed by atoms with Crippen molar-refractivity contribution in [3.8, 4) is 0 Å². The number of hydrogen-bond donors (Lipinski definition) is 1. The molecule has 5 nitrogen and oxygen atoms in total. The van der Waals surface area contributed by atoms with Crippen molar-refractivity contribution in [2.24, 2.45) is 0 Å². The van der Waals surface area contributed by atoms with Gasteiger partial charge in [-0.1, -0.05) is 61.7 Å². The zero-order valence-electron chi connectivity index (χ0n) is 14.3. The molecule has 26 heavy (non-hydrogen) atoms. The molecular weight excluding hydrogens is 372 g/mol. The lowest BCUT2D eigenvalue weighted by molar-refractivity contribution is -0.131. The van der Waals surface area contributed by atoms with Crippen molar-refractivity contribution in [1.29, 1.82) is 0 Å². The van der Waals surface area contributed by atoms with Crippen LogP contribution in [0.2, 0.25) is 4.34 Å². The highest BCUT2D eigenvalue weighted by Crippen LogP contribution is 2.34. The van der Waals surface area contributed by atoms with E-state index in [9.17, 15) is 14.4 Å². The van der Waals surface area contributed by atoms with Crippen LogP contribution in [0.5, 0.6) is 0 Å². The molecule has 1 aromatic carbocycles. The summed E-state index contributed by atoms with van der Waals surface area (Å²) in [6.07, 6.45) is 2.17. The summed E-state index contributed by atoms with van der Waals surface area (Å²) in [7, 11) is 0. The van der Waals surface area contributed by atoms with E-state index >= 15 is 0 Å². The number of amides is 3. The van der Waals surface area contributed by atoms with Crippen LogP contribution in [0.25, 0.3) is 0 Å². The quantitative estimate of drug-likeness (QED) is 0.568. The number of benzene rings is 1. The van der Waals surface area contributed by atoms with Gasteiger partial charge < -0.3 is 5.32 Å².